The van der Waals surface area contributed by atoms with E-state index in [1.165, 1.54) is 0 Å². The molecule has 7 heteroatoms. The Kier molecular flexibility index (Phi) is 5.13. The molecule has 0 radical (unpaired) electrons. The molecule has 3 heterocycles. The van der Waals surface area contributed by atoms with Gasteiger partial charge in [0.05, 0.1) is 12.7 Å². The third kappa shape index (κ3) is 3.49. The van der Waals surface area contributed by atoms with Gasteiger partial charge in [0.2, 0.25) is 5.89 Å². The van der Waals surface area contributed by atoms with Crippen molar-refractivity contribution in [3.05, 3.63) is 53.3 Å². The van der Waals surface area contributed by atoms with E-state index in [0.29, 0.717) is 19.0 Å². The third-order valence-electron chi connectivity index (χ3n) is 6.37. The van der Waals surface area contributed by atoms with Crippen molar-refractivity contribution in [2.75, 3.05) is 20.2 Å². The summed E-state index contributed by atoms with van der Waals surface area (Å²) in [6.45, 7) is 7.30. The first-order valence-electron chi connectivity index (χ1n) is 10.2. The van der Waals surface area contributed by atoms with Crippen LogP contribution in [0.3, 0.4) is 0 Å². The highest BCUT2D eigenvalue weighted by molar-refractivity contribution is 5.97. The van der Waals surface area contributed by atoms with Gasteiger partial charge in [-0.15, -0.1) is 0 Å². The Morgan fingerprint density at radius 2 is 1.83 bits per heavy atom. The summed E-state index contributed by atoms with van der Waals surface area (Å²) in [6.07, 6.45) is 1.63. The van der Waals surface area contributed by atoms with Gasteiger partial charge in [-0.3, -0.25) is 4.79 Å². The molecule has 158 valence electrons. The van der Waals surface area contributed by atoms with Crippen molar-refractivity contribution >= 4 is 5.91 Å². The van der Waals surface area contributed by atoms with Gasteiger partial charge < -0.3 is 18.7 Å². The van der Waals surface area contributed by atoms with Crippen LogP contribution in [0, 0.1) is 13.8 Å². The van der Waals surface area contributed by atoms with Crippen LogP contribution >= 0.6 is 0 Å². The second kappa shape index (κ2) is 7.63. The highest BCUT2D eigenvalue weighted by Crippen LogP contribution is 2.34. The minimum Gasteiger partial charge on any atom is -0.497 e. The van der Waals surface area contributed by atoms with Gasteiger partial charge in [-0.1, -0.05) is 12.1 Å². The number of hydrogen-bond donors (Lipinski definition) is 0. The van der Waals surface area contributed by atoms with Gasteiger partial charge in [0.25, 0.3) is 5.91 Å². The molecule has 1 aliphatic heterocycles. The number of carbonyl (C=O) groups is 1. The fraction of sp³-hybridized carbons (Fsp3) is 0.435. The van der Waals surface area contributed by atoms with Crippen molar-refractivity contribution in [1.29, 1.82) is 0 Å². The lowest BCUT2D eigenvalue weighted by Crippen LogP contribution is -2.44. The molecule has 0 bridgehead atoms. The highest BCUT2D eigenvalue weighted by Gasteiger charge is 2.37. The summed E-state index contributed by atoms with van der Waals surface area (Å²) in [5, 5.41) is 4.11. The van der Waals surface area contributed by atoms with Crippen molar-refractivity contribution < 1.29 is 14.1 Å². The number of amides is 1. The van der Waals surface area contributed by atoms with Crippen LogP contribution in [0.1, 0.15) is 47.5 Å². The van der Waals surface area contributed by atoms with E-state index >= 15 is 0 Å². The second-order valence-electron chi connectivity index (χ2n) is 8.31. The molecule has 0 N–H and O–H groups in total. The number of hydrogen-bond acceptors (Lipinski definition) is 5. The number of aromatic nitrogens is 3. The van der Waals surface area contributed by atoms with Gasteiger partial charge in [-0.25, -0.2) is 0 Å². The fourth-order valence-corrected chi connectivity index (χ4v) is 4.10. The Morgan fingerprint density at radius 1 is 1.17 bits per heavy atom. The van der Waals surface area contributed by atoms with E-state index in [0.717, 1.165) is 46.9 Å². The molecule has 3 aromatic rings. The first-order chi connectivity index (χ1) is 14.3. The summed E-state index contributed by atoms with van der Waals surface area (Å²) in [5.41, 5.74) is 3.63. The summed E-state index contributed by atoms with van der Waals surface area (Å²) >= 11 is 0. The number of methoxy groups -OCH3 is 1. The molecule has 1 saturated heterocycles. The average molecular weight is 409 g/mol. The molecular formula is C23H28N4O3. The van der Waals surface area contributed by atoms with Crippen molar-refractivity contribution in [2.45, 2.75) is 39.0 Å². The monoisotopic (exact) mass is 408 g/mol. The normalized spacial score (nSPS) is 16.0. The van der Waals surface area contributed by atoms with Gasteiger partial charge in [0, 0.05) is 43.9 Å². The molecule has 1 fully saturated rings. The predicted molar refractivity (Wildman–Crippen MR) is 114 cm³/mol. The number of piperidine rings is 1. The van der Waals surface area contributed by atoms with Gasteiger partial charge in [-0.05, 0) is 55.7 Å². The second-order valence-corrected chi connectivity index (χ2v) is 8.31. The Balaban J connectivity index is 1.53. The molecule has 0 unspecified atom stereocenters. The number of aryl methyl sites for hydroxylation is 1. The van der Waals surface area contributed by atoms with Crippen molar-refractivity contribution in [3.63, 3.8) is 0 Å². The molecule has 30 heavy (non-hydrogen) atoms. The summed E-state index contributed by atoms with van der Waals surface area (Å²) in [5.74, 6) is 2.21. The lowest BCUT2D eigenvalue weighted by Gasteiger charge is -2.37. The number of benzene rings is 1. The van der Waals surface area contributed by atoms with E-state index in [1.54, 1.807) is 14.0 Å². The maximum atomic E-state index is 13.3. The topological polar surface area (TPSA) is 73.4 Å². The SMILES string of the molecule is COc1ccc(-c2cc(C(=O)N3CCC(C)(c4noc(C)n4)CC3)c(C)n2C)cc1. The van der Waals surface area contributed by atoms with Gasteiger partial charge in [0.1, 0.15) is 5.75 Å². The Morgan fingerprint density at radius 3 is 2.40 bits per heavy atom. The summed E-state index contributed by atoms with van der Waals surface area (Å²) in [7, 11) is 3.65. The Bertz CT molecular complexity index is 1060. The zero-order valence-electron chi connectivity index (χ0n) is 18.2. The average Bonchev–Trinajstić information content (AvgIpc) is 3.33. The van der Waals surface area contributed by atoms with Crippen LogP contribution in [-0.2, 0) is 12.5 Å². The van der Waals surface area contributed by atoms with E-state index in [1.807, 2.05) is 49.2 Å². The molecule has 7 nitrogen and oxygen atoms in total. The molecule has 0 saturated carbocycles. The zero-order chi connectivity index (χ0) is 21.5. The van der Waals surface area contributed by atoms with Gasteiger partial charge >= 0.3 is 0 Å². The summed E-state index contributed by atoms with van der Waals surface area (Å²) in [4.78, 5) is 19.7. The van der Waals surface area contributed by atoms with Crippen LogP contribution in [0.25, 0.3) is 11.3 Å². The number of ether oxygens (including phenoxy) is 1. The number of rotatable bonds is 4. The summed E-state index contributed by atoms with van der Waals surface area (Å²) in [6, 6.07) is 9.90. The lowest BCUT2D eigenvalue weighted by atomic mass is 9.79. The molecule has 0 atom stereocenters. The van der Waals surface area contributed by atoms with E-state index in [9.17, 15) is 4.79 Å². The van der Waals surface area contributed by atoms with Gasteiger partial charge in [-0.2, -0.15) is 4.98 Å². The molecule has 1 amide bonds. The van der Waals surface area contributed by atoms with Crippen LogP contribution < -0.4 is 4.74 Å². The molecule has 0 aliphatic carbocycles. The van der Waals surface area contributed by atoms with Gasteiger partial charge in [0.15, 0.2) is 5.82 Å². The molecule has 2 aromatic heterocycles. The molecule has 1 aromatic carbocycles. The smallest absolute Gasteiger partial charge is 0.255 e. The summed E-state index contributed by atoms with van der Waals surface area (Å²) < 4.78 is 12.5. The maximum absolute atomic E-state index is 13.3. The number of nitrogens with zero attached hydrogens (tertiary/aromatic N) is 4. The largest absolute Gasteiger partial charge is 0.497 e. The minimum atomic E-state index is -0.158. The molecular weight excluding hydrogens is 380 g/mol. The van der Waals surface area contributed by atoms with Crippen LogP contribution in [0.15, 0.2) is 34.9 Å². The van der Waals surface area contributed by atoms with E-state index in [2.05, 4.69) is 21.6 Å². The van der Waals surface area contributed by atoms with Crippen molar-refractivity contribution in [2.24, 2.45) is 7.05 Å². The molecule has 4 rings (SSSR count). The molecule has 1 aliphatic rings. The Hall–Kier alpha value is -3.09. The maximum Gasteiger partial charge on any atom is 0.255 e. The highest BCUT2D eigenvalue weighted by atomic mass is 16.5. The molecule has 0 spiro atoms. The van der Waals surface area contributed by atoms with Crippen LogP contribution in [-0.4, -0.2) is 45.7 Å². The van der Waals surface area contributed by atoms with Crippen LogP contribution in [0.2, 0.25) is 0 Å². The first kappa shape index (κ1) is 20.2. The number of likely N-dealkylation sites (tertiary alicyclic amines) is 1. The minimum absolute atomic E-state index is 0.0780. The number of carbonyl (C=O) groups excluding carboxylic acids is 1. The first-order valence-corrected chi connectivity index (χ1v) is 10.2. The van der Waals surface area contributed by atoms with E-state index in [-0.39, 0.29) is 11.3 Å². The Labute approximate surface area is 176 Å². The van der Waals surface area contributed by atoms with Crippen molar-refractivity contribution in [1.82, 2.24) is 19.6 Å². The van der Waals surface area contributed by atoms with E-state index < -0.39 is 0 Å². The standard InChI is InChI=1S/C23H28N4O3/c1-15-19(14-20(26(15)4)17-6-8-18(29-5)9-7-17)21(28)27-12-10-23(3,11-13-27)22-24-16(2)30-25-22/h6-9,14H,10-13H2,1-5H3. The quantitative estimate of drug-likeness (QED) is 0.655. The third-order valence-corrected chi connectivity index (χ3v) is 6.37. The van der Waals surface area contributed by atoms with E-state index in [4.69, 9.17) is 9.26 Å². The zero-order valence-corrected chi connectivity index (χ0v) is 18.2. The predicted octanol–water partition coefficient (Wildman–Crippen LogP) is 3.89. The van der Waals surface area contributed by atoms with Crippen LogP contribution in [0.4, 0.5) is 0 Å². The van der Waals surface area contributed by atoms with Crippen LogP contribution in [0.5, 0.6) is 5.75 Å². The lowest BCUT2D eigenvalue weighted by molar-refractivity contribution is 0.0669. The fourth-order valence-electron chi connectivity index (χ4n) is 4.10. The van der Waals surface area contributed by atoms with Crippen molar-refractivity contribution in [3.8, 4) is 17.0 Å².